The van der Waals surface area contributed by atoms with Gasteiger partial charge in [-0.1, -0.05) is 164 Å². The summed E-state index contributed by atoms with van der Waals surface area (Å²) in [4.78, 5) is 0. The van der Waals surface area contributed by atoms with Gasteiger partial charge in [-0.3, -0.25) is 0 Å². The Kier molecular flexibility index (Phi) is 9.74. The molecule has 0 aliphatic heterocycles. The molecular formula is C63H42S3. The molecule has 0 N–H and O–H groups in total. The Bertz CT molecular complexity index is 3790. The SMILES string of the molecule is c1ccc(CC(Cc2ccc(-c3cccc4c3sc3ccccc34)cc2)c2ccc(-c3cc(-c4ccc5sc6ccccc6c5c4)cc(-c4ccc5sc6ccccc6c5c4)c3)cc2)cc1. The Balaban J connectivity index is 0.868. The number of benzene rings is 10. The molecule has 1 unspecified atom stereocenters. The van der Waals surface area contributed by atoms with Crippen LogP contribution in [0.25, 0.3) is 105 Å². The molecule has 13 aromatic rings. The Hall–Kier alpha value is -7.14. The number of rotatable bonds is 9. The first-order valence-corrected chi connectivity index (χ1v) is 25.2. The van der Waals surface area contributed by atoms with E-state index in [1.54, 1.807) is 0 Å². The summed E-state index contributed by atoms with van der Waals surface area (Å²) in [5.74, 6) is 0.319. The van der Waals surface area contributed by atoms with Crippen molar-refractivity contribution in [2.75, 3.05) is 0 Å². The third-order valence-corrected chi connectivity index (χ3v) is 17.1. The molecule has 0 saturated heterocycles. The van der Waals surface area contributed by atoms with Crippen molar-refractivity contribution in [1.82, 2.24) is 0 Å². The summed E-state index contributed by atoms with van der Waals surface area (Å²) in [6, 6.07) is 84.2. The topological polar surface area (TPSA) is 0 Å². The standard InChI is InChI=1S/C63H42S3/c1-2-11-40(12-3-1)33-47(34-41-21-23-44(24-22-41)51-16-10-17-55-52-13-4-9-20-60(52)66-63(51)55)42-25-27-43(28-26-42)48-35-49(45-29-31-61-56(38-45)53-14-5-7-18-58(53)64-61)37-50(36-48)46-30-32-62-57(39-46)54-15-6-8-19-59(54)65-62/h1-32,35-39,47H,33-34H2. The van der Waals surface area contributed by atoms with E-state index >= 15 is 0 Å². The van der Waals surface area contributed by atoms with Gasteiger partial charge < -0.3 is 0 Å². The monoisotopic (exact) mass is 894 g/mol. The van der Waals surface area contributed by atoms with Crippen LogP contribution in [0, 0.1) is 0 Å². The number of fused-ring (bicyclic) bond motifs is 9. The Morgan fingerprint density at radius 1 is 0.273 bits per heavy atom. The second-order valence-electron chi connectivity index (χ2n) is 17.6. The van der Waals surface area contributed by atoms with Crippen LogP contribution in [0.3, 0.4) is 0 Å². The molecule has 0 radical (unpaired) electrons. The van der Waals surface area contributed by atoms with Gasteiger partial charge in [-0.25, -0.2) is 0 Å². The summed E-state index contributed by atoms with van der Waals surface area (Å²) in [6.07, 6.45) is 1.93. The average molecular weight is 895 g/mol. The highest BCUT2D eigenvalue weighted by atomic mass is 32.1. The van der Waals surface area contributed by atoms with E-state index in [4.69, 9.17) is 0 Å². The van der Waals surface area contributed by atoms with Crippen LogP contribution in [0.15, 0.2) is 224 Å². The van der Waals surface area contributed by atoms with Crippen LogP contribution < -0.4 is 0 Å². The average Bonchev–Trinajstić information content (AvgIpc) is 4.08. The summed E-state index contributed by atoms with van der Waals surface area (Å²) in [6.45, 7) is 0. The van der Waals surface area contributed by atoms with Gasteiger partial charge in [0.2, 0.25) is 0 Å². The molecule has 0 bridgehead atoms. The molecule has 3 heteroatoms. The van der Waals surface area contributed by atoms with E-state index < -0.39 is 0 Å². The third kappa shape index (κ3) is 7.12. The van der Waals surface area contributed by atoms with Crippen LogP contribution >= 0.6 is 34.0 Å². The lowest BCUT2D eigenvalue weighted by atomic mass is 9.85. The van der Waals surface area contributed by atoms with Crippen molar-refractivity contribution in [1.29, 1.82) is 0 Å². The van der Waals surface area contributed by atoms with Gasteiger partial charge in [-0.15, -0.1) is 34.0 Å². The van der Waals surface area contributed by atoms with Gasteiger partial charge in [0.05, 0.1) is 0 Å². The van der Waals surface area contributed by atoms with E-state index in [0.29, 0.717) is 5.92 Å². The minimum Gasteiger partial charge on any atom is -0.135 e. The molecule has 3 aromatic heterocycles. The van der Waals surface area contributed by atoms with E-state index in [0.717, 1.165) is 12.8 Å². The van der Waals surface area contributed by atoms with E-state index in [1.807, 2.05) is 34.0 Å². The molecule has 3 heterocycles. The van der Waals surface area contributed by atoms with E-state index in [2.05, 4.69) is 224 Å². The number of hydrogen-bond acceptors (Lipinski definition) is 3. The molecule has 0 saturated carbocycles. The first-order valence-electron chi connectivity index (χ1n) is 22.8. The lowest BCUT2D eigenvalue weighted by Gasteiger charge is -2.19. The van der Waals surface area contributed by atoms with Gasteiger partial charge in [0, 0.05) is 60.5 Å². The molecule has 0 aliphatic rings. The van der Waals surface area contributed by atoms with Crippen LogP contribution in [0.4, 0.5) is 0 Å². The van der Waals surface area contributed by atoms with Crippen LogP contribution in [-0.4, -0.2) is 0 Å². The van der Waals surface area contributed by atoms with Gasteiger partial charge in [0.15, 0.2) is 0 Å². The van der Waals surface area contributed by atoms with Crippen molar-refractivity contribution >= 4 is 94.5 Å². The molecule has 0 nitrogen and oxygen atoms in total. The van der Waals surface area contributed by atoms with Crippen LogP contribution in [0.1, 0.15) is 22.6 Å². The van der Waals surface area contributed by atoms with Crippen molar-refractivity contribution < 1.29 is 0 Å². The zero-order chi connectivity index (χ0) is 43.6. The Morgan fingerprint density at radius 2 is 0.712 bits per heavy atom. The molecule has 1 atom stereocenters. The Labute approximate surface area is 396 Å². The third-order valence-electron chi connectivity index (χ3n) is 13.5. The first-order chi connectivity index (χ1) is 32.6. The van der Waals surface area contributed by atoms with Gasteiger partial charge in [0.1, 0.15) is 0 Å². The molecule has 312 valence electrons. The molecule has 66 heavy (non-hydrogen) atoms. The van der Waals surface area contributed by atoms with Gasteiger partial charge in [-0.05, 0) is 141 Å². The largest absolute Gasteiger partial charge is 0.135 e. The van der Waals surface area contributed by atoms with Crippen LogP contribution in [-0.2, 0) is 12.8 Å². The van der Waals surface area contributed by atoms with Crippen molar-refractivity contribution in [3.05, 3.63) is 241 Å². The molecular weight excluding hydrogens is 853 g/mol. The number of thiophene rings is 3. The van der Waals surface area contributed by atoms with E-state index in [-0.39, 0.29) is 0 Å². The maximum absolute atomic E-state index is 2.40. The van der Waals surface area contributed by atoms with Gasteiger partial charge in [-0.2, -0.15) is 0 Å². The molecule has 0 fully saturated rings. The number of hydrogen-bond donors (Lipinski definition) is 0. The van der Waals surface area contributed by atoms with Crippen molar-refractivity contribution in [2.45, 2.75) is 18.8 Å². The summed E-state index contributed by atoms with van der Waals surface area (Å²) in [7, 11) is 0. The summed E-state index contributed by atoms with van der Waals surface area (Å²) >= 11 is 5.65. The molecule has 0 spiro atoms. The predicted molar refractivity (Wildman–Crippen MR) is 290 cm³/mol. The maximum atomic E-state index is 2.40. The highest BCUT2D eigenvalue weighted by molar-refractivity contribution is 7.26. The van der Waals surface area contributed by atoms with Crippen molar-refractivity contribution in [3.63, 3.8) is 0 Å². The van der Waals surface area contributed by atoms with E-state index in [1.165, 1.54) is 122 Å². The second-order valence-corrected chi connectivity index (χ2v) is 20.8. The minimum atomic E-state index is 0.319. The summed E-state index contributed by atoms with van der Waals surface area (Å²) in [5, 5.41) is 7.98. The lowest BCUT2D eigenvalue weighted by Crippen LogP contribution is -2.07. The first kappa shape index (κ1) is 39.2. The van der Waals surface area contributed by atoms with Crippen molar-refractivity contribution in [2.24, 2.45) is 0 Å². The molecule has 0 aliphatic carbocycles. The van der Waals surface area contributed by atoms with Crippen LogP contribution in [0.2, 0.25) is 0 Å². The fourth-order valence-corrected chi connectivity index (χ4v) is 13.6. The van der Waals surface area contributed by atoms with Crippen molar-refractivity contribution in [3.8, 4) is 44.5 Å². The lowest BCUT2D eigenvalue weighted by molar-refractivity contribution is 0.680. The minimum absolute atomic E-state index is 0.319. The normalized spacial score (nSPS) is 12.3. The fourth-order valence-electron chi connectivity index (χ4n) is 10.2. The van der Waals surface area contributed by atoms with Crippen LogP contribution in [0.5, 0.6) is 0 Å². The fraction of sp³-hybridized carbons (Fsp3) is 0.0476. The molecule has 13 rings (SSSR count). The maximum Gasteiger partial charge on any atom is 0.0433 e. The second kappa shape index (κ2) is 16.4. The van der Waals surface area contributed by atoms with E-state index in [9.17, 15) is 0 Å². The molecule has 0 amide bonds. The summed E-state index contributed by atoms with van der Waals surface area (Å²) in [5.41, 5.74) is 14.1. The molecule has 10 aromatic carbocycles. The zero-order valence-electron chi connectivity index (χ0n) is 36.1. The summed E-state index contributed by atoms with van der Waals surface area (Å²) < 4.78 is 8.02. The quantitative estimate of drug-likeness (QED) is 0.135. The van der Waals surface area contributed by atoms with Gasteiger partial charge >= 0.3 is 0 Å². The zero-order valence-corrected chi connectivity index (χ0v) is 38.5. The van der Waals surface area contributed by atoms with Gasteiger partial charge in [0.25, 0.3) is 0 Å². The highest BCUT2D eigenvalue weighted by Gasteiger charge is 2.17. The predicted octanol–water partition coefficient (Wildman–Crippen LogP) is 19.0. The Morgan fingerprint density at radius 3 is 1.30 bits per heavy atom. The highest BCUT2D eigenvalue weighted by Crippen LogP contribution is 2.43. The smallest absolute Gasteiger partial charge is 0.0433 e.